The zero-order valence-corrected chi connectivity index (χ0v) is 43.4. The Hall–Kier alpha value is -7.22. The van der Waals surface area contributed by atoms with Gasteiger partial charge < -0.3 is 40.2 Å². The van der Waals surface area contributed by atoms with Crippen molar-refractivity contribution in [1.29, 1.82) is 0 Å². The molecule has 2 aliphatic heterocycles. The standard InChI is InChI=1S/C51H58F10N10O8/c1-48(2,50(56,57)58)41(64-46(75)77-5)43(73)63-38(21-30-10-7-29(8-11-30)9-12-31-13-14-40(62-24-31)69-19-17-68(18-20-69)33-27-79-28-33)39(72)26-70(67-44(74)42(65-47(76)78-6)49(3,4)51(59,60)61)25-34-35(52)22-32(23-36(34)53)37-15-16-71(66-37)45(54)55/h7-8,10-11,13-16,22-24,33,38-39,41-42,45,72H,17-21,25-28H2,1-6H3,(H,63,73)(H,64,75)(H,65,76)(H,67,74)/t38-,39-,41+,42+/m0/s1. The topological polar surface area (TPSA) is 205 Å². The molecule has 0 saturated carbocycles. The third kappa shape index (κ3) is 15.1. The van der Waals surface area contributed by atoms with Crippen molar-refractivity contribution < 1.29 is 82.4 Å². The van der Waals surface area contributed by atoms with E-state index in [1.807, 2.05) is 16.8 Å². The molecule has 2 aromatic heterocycles. The third-order valence-electron chi connectivity index (χ3n) is 13.7. The number of rotatable bonds is 19. The van der Waals surface area contributed by atoms with Crippen LogP contribution in [0, 0.1) is 34.3 Å². The van der Waals surface area contributed by atoms with Gasteiger partial charge in [-0.05, 0) is 82.1 Å². The Morgan fingerprint density at radius 3 is 1.81 bits per heavy atom. The van der Waals surface area contributed by atoms with Crippen molar-refractivity contribution in [2.45, 2.75) is 89.8 Å². The number of nitrogens with one attached hydrogen (secondary N) is 4. The summed E-state index contributed by atoms with van der Waals surface area (Å²) in [6, 6.07) is 5.66. The number of aromatic nitrogens is 3. The first-order valence-corrected chi connectivity index (χ1v) is 24.3. The molecule has 2 fully saturated rings. The Labute approximate surface area is 447 Å². The van der Waals surface area contributed by atoms with Crippen molar-refractivity contribution in [3.8, 4) is 23.1 Å². The second kappa shape index (κ2) is 25.3. The summed E-state index contributed by atoms with van der Waals surface area (Å²) in [7, 11) is 1.60. The average Bonchev–Trinajstić information content (AvgIpc) is 3.90. The Morgan fingerprint density at radius 2 is 1.33 bits per heavy atom. The number of anilines is 1. The molecule has 0 spiro atoms. The summed E-state index contributed by atoms with van der Waals surface area (Å²) in [5.74, 6) is 0.690. The third-order valence-corrected chi connectivity index (χ3v) is 13.7. The van der Waals surface area contributed by atoms with Crippen LogP contribution in [0.15, 0.2) is 67.0 Å². The first-order chi connectivity index (χ1) is 37.0. The Bertz CT molecular complexity index is 2810. The highest BCUT2D eigenvalue weighted by Gasteiger charge is 2.57. The molecule has 4 atom stereocenters. The van der Waals surface area contributed by atoms with Gasteiger partial charge in [-0.15, -0.1) is 0 Å². The summed E-state index contributed by atoms with van der Waals surface area (Å²) in [5, 5.41) is 22.0. The fourth-order valence-corrected chi connectivity index (χ4v) is 8.31. The molecule has 18 nitrogen and oxygen atoms in total. The summed E-state index contributed by atoms with van der Waals surface area (Å²) in [6.07, 6.45) is -13.6. The van der Waals surface area contributed by atoms with Gasteiger partial charge in [-0.1, -0.05) is 24.0 Å². The van der Waals surface area contributed by atoms with Gasteiger partial charge in [-0.25, -0.2) is 33.0 Å². The molecular formula is C51H58F10N10O8. The lowest BCUT2D eigenvalue weighted by atomic mass is 9.82. The number of aliphatic hydroxyl groups is 1. The summed E-state index contributed by atoms with van der Waals surface area (Å²) in [6.45, 7) is 1.62. The monoisotopic (exact) mass is 1130 g/mol. The zero-order valence-electron chi connectivity index (χ0n) is 43.4. The highest BCUT2D eigenvalue weighted by molar-refractivity contribution is 5.87. The molecular weight excluding hydrogens is 1070 g/mol. The van der Waals surface area contributed by atoms with Crippen LogP contribution in [-0.4, -0.2) is 157 Å². The van der Waals surface area contributed by atoms with E-state index in [4.69, 9.17) is 4.74 Å². The number of piperazine rings is 1. The molecule has 430 valence electrons. The molecule has 28 heteroatoms. The molecule has 79 heavy (non-hydrogen) atoms. The summed E-state index contributed by atoms with van der Waals surface area (Å²) in [5.41, 5.74) is -4.45. The van der Waals surface area contributed by atoms with E-state index < -0.39 is 115 Å². The zero-order chi connectivity index (χ0) is 58.2. The number of benzene rings is 2. The van der Waals surface area contributed by atoms with Crippen LogP contribution in [0.5, 0.6) is 0 Å². The predicted octanol–water partition coefficient (Wildman–Crippen LogP) is 6.09. The largest absolute Gasteiger partial charge is 0.453 e. The van der Waals surface area contributed by atoms with Crippen LogP contribution in [0.4, 0.5) is 59.3 Å². The Morgan fingerprint density at radius 1 is 0.785 bits per heavy atom. The number of hydrogen-bond acceptors (Lipinski definition) is 13. The molecule has 2 saturated heterocycles. The van der Waals surface area contributed by atoms with E-state index in [1.54, 1.807) is 17.6 Å². The van der Waals surface area contributed by atoms with Crippen LogP contribution >= 0.6 is 0 Å². The predicted molar refractivity (Wildman–Crippen MR) is 262 cm³/mol. The second-order valence-corrected chi connectivity index (χ2v) is 19.8. The van der Waals surface area contributed by atoms with Crippen LogP contribution in [0.1, 0.15) is 56.5 Å². The SMILES string of the molecule is COC(=O)N[C@H](C(=O)N[C@@H](Cc1ccc(C#Cc2ccc(N3CCN(C4COC4)CC3)nc2)cc1)[C@@H](O)CN(Cc1c(F)cc(-c2ccn(C(F)F)n2)cc1F)NC(=O)[C@@H](NC(=O)OC)C(C)(C)C(F)(F)F)C(C)(C)C(F)(F)F. The molecule has 6 rings (SSSR count). The van der Waals surface area contributed by atoms with E-state index in [2.05, 4.69) is 46.5 Å². The normalized spacial score (nSPS) is 16.2. The van der Waals surface area contributed by atoms with Crippen LogP contribution < -0.4 is 26.3 Å². The molecule has 0 radical (unpaired) electrons. The number of nitrogens with zero attached hydrogens (tertiary/aromatic N) is 6. The molecule has 4 heterocycles. The van der Waals surface area contributed by atoms with Crippen molar-refractivity contribution in [1.82, 2.24) is 46.0 Å². The van der Waals surface area contributed by atoms with E-state index in [-0.39, 0.29) is 21.5 Å². The molecule has 2 aliphatic rings. The summed E-state index contributed by atoms with van der Waals surface area (Å²) in [4.78, 5) is 61.9. The Balaban J connectivity index is 1.32. The minimum atomic E-state index is -5.23. The van der Waals surface area contributed by atoms with Gasteiger partial charge in [0, 0.05) is 73.9 Å². The molecule has 4 aromatic rings. The minimum absolute atomic E-state index is 0.197. The van der Waals surface area contributed by atoms with Gasteiger partial charge in [0.2, 0.25) is 5.91 Å². The lowest BCUT2D eigenvalue weighted by Crippen LogP contribution is -2.63. The average molecular weight is 1130 g/mol. The number of alkyl carbamates (subject to hydrolysis) is 2. The van der Waals surface area contributed by atoms with Crippen molar-refractivity contribution in [3.63, 3.8) is 0 Å². The van der Waals surface area contributed by atoms with E-state index in [1.165, 1.54) is 24.3 Å². The van der Waals surface area contributed by atoms with Gasteiger partial charge >= 0.3 is 31.1 Å². The number of ether oxygens (including phenoxy) is 3. The number of pyridine rings is 1. The highest BCUT2D eigenvalue weighted by atomic mass is 19.4. The fourth-order valence-electron chi connectivity index (χ4n) is 8.31. The maximum Gasteiger partial charge on any atom is 0.407 e. The summed E-state index contributed by atoms with van der Waals surface area (Å²) >= 11 is 0. The van der Waals surface area contributed by atoms with E-state index in [0.29, 0.717) is 62.0 Å². The number of hydrogen-bond donors (Lipinski definition) is 5. The van der Waals surface area contributed by atoms with Crippen molar-refractivity contribution in [3.05, 3.63) is 101 Å². The second-order valence-electron chi connectivity index (χ2n) is 19.8. The smallest absolute Gasteiger partial charge is 0.407 e. The van der Waals surface area contributed by atoms with E-state index in [0.717, 1.165) is 71.7 Å². The lowest BCUT2D eigenvalue weighted by molar-refractivity contribution is -0.221. The van der Waals surface area contributed by atoms with Crippen LogP contribution in [0.25, 0.3) is 11.3 Å². The van der Waals surface area contributed by atoms with E-state index >= 15 is 8.78 Å². The molecule has 4 amide bonds. The quantitative estimate of drug-likeness (QED) is 0.0411. The van der Waals surface area contributed by atoms with Crippen LogP contribution in [0.2, 0.25) is 0 Å². The first kappa shape index (κ1) is 61.0. The van der Waals surface area contributed by atoms with Gasteiger partial charge in [-0.2, -0.15) is 40.2 Å². The number of halogens is 10. The van der Waals surface area contributed by atoms with Gasteiger partial charge in [0.15, 0.2) is 0 Å². The van der Waals surface area contributed by atoms with Gasteiger partial charge in [0.05, 0.1) is 62.1 Å². The number of methoxy groups -OCH3 is 2. The number of alkyl halides is 8. The maximum absolute atomic E-state index is 16.0. The first-order valence-electron chi connectivity index (χ1n) is 24.3. The summed E-state index contributed by atoms with van der Waals surface area (Å²) < 4.78 is 160. The van der Waals surface area contributed by atoms with Crippen molar-refractivity contribution in [2.24, 2.45) is 10.8 Å². The van der Waals surface area contributed by atoms with E-state index in [9.17, 15) is 59.4 Å². The number of hydrazine groups is 1. The lowest BCUT2D eigenvalue weighted by Gasteiger charge is -2.42. The minimum Gasteiger partial charge on any atom is -0.453 e. The molecule has 5 N–H and O–H groups in total. The van der Waals surface area contributed by atoms with Crippen molar-refractivity contribution in [2.75, 3.05) is 65.1 Å². The van der Waals surface area contributed by atoms with Gasteiger partial charge in [0.25, 0.3) is 5.91 Å². The highest BCUT2D eigenvalue weighted by Crippen LogP contribution is 2.42. The number of carbonyl (C=O) groups excluding carboxylic acids is 4. The molecule has 0 aliphatic carbocycles. The maximum atomic E-state index is 16.0. The van der Waals surface area contributed by atoms with Gasteiger partial charge in [-0.3, -0.25) is 19.9 Å². The molecule has 2 aromatic carbocycles. The molecule has 0 unspecified atom stereocenters. The fraction of sp³-hybridized carbons (Fsp3) is 0.490. The van der Waals surface area contributed by atoms with Crippen molar-refractivity contribution >= 4 is 29.8 Å². The van der Waals surface area contributed by atoms with Gasteiger partial charge in [0.1, 0.15) is 29.5 Å². The number of aliphatic hydroxyl groups excluding tert-OH is 1. The Kier molecular flexibility index (Phi) is 19.5. The van der Waals surface area contributed by atoms with Crippen LogP contribution in [-0.2, 0) is 36.8 Å². The number of carbonyl (C=O) groups is 4. The molecule has 0 bridgehead atoms. The van der Waals surface area contributed by atoms with Crippen LogP contribution in [0.3, 0.4) is 0 Å². The number of amides is 4.